The zero-order valence-corrected chi connectivity index (χ0v) is 11.8. The van der Waals surface area contributed by atoms with Gasteiger partial charge in [0.1, 0.15) is 0 Å². The number of rotatable bonds is 7. The summed E-state index contributed by atoms with van der Waals surface area (Å²) in [5.41, 5.74) is 0.757. The van der Waals surface area contributed by atoms with Crippen molar-refractivity contribution in [2.24, 2.45) is 0 Å². The number of amides is 2. The Morgan fingerprint density at radius 2 is 2.10 bits per heavy atom. The smallest absolute Gasteiger partial charge is 0.315 e. The van der Waals surface area contributed by atoms with E-state index in [2.05, 4.69) is 15.6 Å². The minimum atomic E-state index is -0.915. The van der Waals surface area contributed by atoms with Gasteiger partial charge in [0.25, 0.3) is 0 Å². The number of pyridine rings is 1. The molecule has 20 heavy (non-hydrogen) atoms. The first kappa shape index (κ1) is 15.9. The maximum Gasteiger partial charge on any atom is 0.315 e. The Labute approximate surface area is 118 Å². The Balaban J connectivity index is 2.50. The second-order valence-corrected chi connectivity index (χ2v) is 4.68. The lowest BCUT2D eigenvalue weighted by atomic mass is 10.1. The highest BCUT2D eigenvalue weighted by molar-refractivity contribution is 5.76. The SMILES string of the molecule is CCCC(CC(=O)O)NC(=O)NC(C)c1ccccn1. The third kappa shape index (κ3) is 5.69. The Kier molecular flexibility index (Phi) is 6.49. The summed E-state index contributed by atoms with van der Waals surface area (Å²) in [5, 5.41) is 14.2. The largest absolute Gasteiger partial charge is 0.481 e. The first-order valence-electron chi connectivity index (χ1n) is 6.72. The van der Waals surface area contributed by atoms with Crippen LogP contribution in [0.25, 0.3) is 0 Å². The molecule has 0 fully saturated rings. The average molecular weight is 279 g/mol. The van der Waals surface area contributed by atoms with E-state index in [0.717, 1.165) is 12.1 Å². The molecule has 2 atom stereocenters. The lowest BCUT2D eigenvalue weighted by Gasteiger charge is -2.19. The molecule has 0 aliphatic heterocycles. The lowest BCUT2D eigenvalue weighted by Crippen LogP contribution is -2.43. The van der Waals surface area contributed by atoms with E-state index in [-0.39, 0.29) is 24.5 Å². The van der Waals surface area contributed by atoms with Gasteiger partial charge >= 0.3 is 12.0 Å². The molecule has 2 amide bonds. The molecule has 0 spiro atoms. The predicted molar refractivity (Wildman–Crippen MR) is 75.3 cm³/mol. The van der Waals surface area contributed by atoms with Crippen LogP contribution in [0.5, 0.6) is 0 Å². The van der Waals surface area contributed by atoms with Gasteiger partial charge in [0.15, 0.2) is 0 Å². The standard InChI is InChI=1S/C14H21N3O3/c1-3-6-11(9-13(18)19)17-14(20)16-10(2)12-7-4-5-8-15-12/h4-5,7-8,10-11H,3,6,9H2,1-2H3,(H,18,19)(H2,16,17,20). The Bertz CT molecular complexity index is 437. The van der Waals surface area contributed by atoms with E-state index in [4.69, 9.17) is 5.11 Å². The van der Waals surface area contributed by atoms with Gasteiger partial charge in [-0.15, -0.1) is 0 Å². The quantitative estimate of drug-likeness (QED) is 0.712. The van der Waals surface area contributed by atoms with Crippen molar-refractivity contribution in [2.75, 3.05) is 0 Å². The van der Waals surface area contributed by atoms with Gasteiger partial charge in [0.2, 0.25) is 0 Å². The maximum atomic E-state index is 11.9. The van der Waals surface area contributed by atoms with Crippen molar-refractivity contribution in [1.82, 2.24) is 15.6 Å². The van der Waals surface area contributed by atoms with Crippen LogP contribution in [0.2, 0.25) is 0 Å². The number of nitrogens with one attached hydrogen (secondary N) is 2. The monoisotopic (exact) mass is 279 g/mol. The third-order valence-corrected chi connectivity index (χ3v) is 2.87. The van der Waals surface area contributed by atoms with E-state index < -0.39 is 5.97 Å². The van der Waals surface area contributed by atoms with Gasteiger partial charge in [0, 0.05) is 12.2 Å². The van der Waals surface area contributed by atoms with Crippen LogP contribution in [0.3, 0.4) is 0 Å². The molecule has 0 bridgehead atoms. The van der Waals surface area contributed by atoms with E-state index in [9.17, 15) is 9.59 Å². The number of carboxylic acids is 1. The van der Waals surface area contributed by atoms with Crippen molar-refractivity contribution < 1.29 is 14.7 Å². The molecule has 0 aliphatic rings. The zero-order chi connectivity index (χ0) is 15.0. The zero-order valence-electron chi connectivity index (χ0n) is 11.8. The number of hydrogen-bond acceptors (Lipinski definition) is 3. The van der Waals surface area contributed by atoms with Crippen molar-refractivity contribution in [3.8, 4) is 0 Å². The molecule has 0 saturated heterocycles. The molecule has 3 N–H and O–H groups in total. The van der Waals surface area contributed by atoms with Crippen LogP contribution in [0.4, 0.5) is 4.79 Å². The van der Waals surface area contributed by atoms with Gasteiger partial charge in [0.05, 0.1) is 18.2 Å². The molecule has 0 radical (unpaired) electrons. The fourth-order valence-electron chi connectivity index (χ4n) is 1.91. The molecule has 6 nitrogen and oxygen atoms in total. The number of carbonyl (C=O) groups is 2. The normalized spacial score (nSPS) is 13.3. The number of hydrogen-bond donors (Lipinski definition) is 3. The summed E-state index contributed by atoms with van der Waals surface area (Å²) in [4.78, 5) is 26.7. The first-order chi connectivity index (χ1) is 9.52. The minimum Gasteiger partial charge on any atom is -0.481 e. The van der Waals surface area contributed by atoms with Crippen molar-refractivity contribution in [2.45, 2.75) is 45.2 Å². The summed E-state index contributed by atoms with van der Waals surface area (Å²) >= 11 is 0. The van der Waals surface area contributed by atoms with Crippen LogP contribution >= 0.6 is 0 Å². The molecule has 110 valence electrons. The molecule has 6 heteroatoms. The lowest BCUT2D eigenvalue weighted by molar-refractivity contribution is -0.137. The molecule has 1 aromatic heterocycles. The molecule has 0 saturated carbocycles. The highest BCUT2D eigenvalue weighted by atomic mass is 16.4. The van der Waals surface area contributed by atoms with Crippen LogP contribution < -0.4 is 10.6 Å². The van der Waals surface area contributed by atoms with E-state index in [1.807, 2.05) is 26.0 Å². The fraction of sp³-hybridized carbons (Fsp3) is 0.500. The van der Waals surface area contributed by atoms with Crippen LogP contribution in [-0.4, -0.2) is 28.1 Å². The van der Waals surface area contributed by atoms with E-state index in [1.54, 1.807) is 12.3 Å². The molecule has 1 rings (SSSR count). The summed E-state index contributed by atoms with van der Waals surface area (Å²) in [5.74, 6) is -0.915. The summed E-state index contributed by atoms with van der Waals surface area (Å²) < 4.78 is 0. The second-order valence-electron chi connectivity index (χ2n) is 4.68. The number of aliphatic carboxylic acids is 1. The highest BCUT2D eigenvalue weighted by Crippen LogP contribution is 2.08. The number of carboxylic acid groups (broad SMARTS) is 1. The van der Waals surface area contributed by atoms with Crippen LogP contribution in [-0.2, 0) is 4.79 Å². The molecular weight excluding hydrogens is 258 g/mol. The van der Waals surface area contributed by atoms with Crippen LogP contribution in [0.1, 0.15) is 44.8 Å². The molecule has 0 aromatic carbocycles. The number of nitrogens with zero attached hydrogens (tertiary/aromatic N) is 1. The molecule has 1 heterocycles. The molecule has 0 aliphatic carbocycles. The van der Waals surface area contributed by atoms with Crippen molar-refractivity contribution in [1.29, 1.82) is 0 Å². The number of urea groups is 1. The van der Waals surface area contributed by atoms with Gasteiger partial charge in [-0.2, -0.15) is 0 Å². The first-order valence-corrected chi connectivity index (χ1v) is 6.72. The maximum absolute atomic E-state index is 11.9. The fourth-order valence-corrected chi connectivity index (χ4v) is 1.91. The van der Waals surface area contributed by atoms with Crippen molar-refractivity contribution >= 4 is 12.0 Å². The van der Waals surface area contributed by atoms with Crippen LogP contribution in [0, 0.1) is 0 Å². The summed E-state index contributed by atoms with van der Waals surface area (Å²) in [6.07, 6.45) is 3.04. The summed E-state index contributed by atoms with van der Waals surface area (Å²) in [7, 11) is 0. The van der Waals surface area contributed by atoms with Crippen molar-refractivity contribution in [3.05, 3.63) is 30.1 Å². The average Bonchev–Trinajstić information content (AvgIpc) is 2.39. The van der Waals surface area contributed by atoms with Gasteiger partial charge in [-0.05, 0) is 25.5 Å². The van der Waals surface area contributed by atoms with Crippen LogP contribution in [0.15, 0.2) is 24.4 Å². The third-order valence-electron chi connectivity index (χ3n) is 2.87. The highest BCUT2D eigenvalue weighted by Gasteiger charge is 2.17. The number of carbonyl (C=O) groups excluding carboxylic acids is 1. The van der Waals surface area contributed by atoms with Gasteiger partial charge in [-0.1, -0.05) is 19.4 Å². The second kappa shape index (κ2) is 8.14. The molecular formula is C14H21N3O3. The molecule has 2 unspecified atom stereocenters. The minimum absolute atomic E-state index is 0.0702. The predicted octanol–water partition coefficient (Wildman–Crippen LogP) is 2.09. The summed E-state index contributed by atoms with van der Waals surface area (Å²) in [6.45, 7) is 3.78. The van der Waals surface area contributed by atoms with Gasteiger partial charge in [-0.25, -0.2) is 4.79 Å². The molecule has 1 aromatic rings. The topological polar surface area (TPSA) is 91.3 Å². The van der Waals surface area contributed by atoms with E-state index in [0.29, 0.717) is 6.42 Å². The Hall–Kier alpha value is -2.11. The van der Waals surface area contributed by atoms with E-state index >= 15 is 0 Å². The van der Waals surface area contributed by atoms with Crippen molar-refractivity contribution in [3.63, 3.8) is 0 Å². The Morgan fingerprint density at radius 3 is 2.65 bits per heavy atom. The van der Waals surface area contributed by atoms with Gasteiger partial charge in [-0.3, -0.25) is 9.78 Å². The van der Waals surface area contributed by atoms with Gasteiger partial charge < -0.3 is 15.7 Å². The van der Waals surface area contributed by atoms with E-state index in [1.165, 1.54) is 0 Å². The summed E-state index contributed by atoms with van der Waals surface area (Å²) in [6, 6.07) is 4.52. The number of aromatic nitrogens is 1. The Morgan fingerprint density at radius 1 is 1.35 bits per heavy atom.